The van der Waals surface area contributed by atoms with Crippen molar-refractivity contribution in [1.29, 1.82) is 5.26 Å². The van der Waals surface area contributed by atoms with Crippen molar-refractivity contribution < 1.29 is 9.53 Å². The number of ether oxygens (including phenoxy) is 1. The van der Waals surface area contributed by atoms with Gasteiger partial charge in [0.1, 0.15) is 6.07 Å². The molecule has 0 bridgehead atoms. The zero-order valence-corrected chi connectivity index (χ0v) is 12.1. The molecule has 0 atom stereocenters. The normalized spacial score (nSPS) is 13.1. The van der Waals surface area contributed by atoms with Crippen LogP contribution in [0.25, 0.3) is 5.70 Å². The Morgan fingerprint density at radius 1 is 1.36 bits per heavy atom. The van der Waals surface area contributed by atoms with Gasteiger partial charge in [0.25, 0.3) is 0 Å². The zero-order valence-electron chi connectivity index (χ0n) is 12.1. The molecule has 2 aromatic rings. The molecule has 1 aromatic carbocycles. The minimum atomic E-state index is -0.340. The Labute approximate surface area is 128 Å². The molecule has 0 spiro atoms. The molecule has 1 aliphatic heterocycles. The first-order valence-corrected chi connectivity index (χ1v) is 7.07. The van der Waals surface area contributed by atoms with E-state index < -0.39 is 0 Å². The average molecular weight is 293 g/mol. The summed E-state index contributed by atoms with van der Waals surface area (Å²) in [5.74, 6) is -0.340. The molecule has 5 heteroatoms. The SMILES string of the molecule is CCOC(=O)C1=C(c2ccc[nH]2)Nc2c(C#N)cccc2C1. The molecule has 110 valence electrons. The van der Waals surface area contributed by atoms with E-state index >= 15 is 0 Å². The van der Waals surface area contributed by atoms with E-state index in [1.54, 1.807) is 19.2 Å². The van der Waals surface area contributed by atoms with Gasteiger partial charge in [-0.2, -0.15) is 5.26 Å². The molecule has 5 nitrogen and oxygen atoms in total. The summed E-state index contributed by atoms with van der Waals surface area (Å²) < 4.78 is 5.17. The fourth-order valence-corrected chi connectivity index (χ4v) is 2.58. The van der Waals surface area contributed by atoms with Crippen LogP contribution in [-0.4, -0.2) is 17.6 Å². The van der Waals surface area contributed by atoms with Crippen molar-refractivity contribution in [2.45, 2.75) is 13.3 Å². The lowest BCUT2D eigenvalue weighted by Gasteiger charge is -2.24. The number of carbonyl (C=O) groups is 1. The van der Waals surface area contributed by atoms with Crippen molar-refractivity contribution >= 4 is 17.4 Å². The number of fused-ring (bicyclic) bond motifs is 1. The van der Waals surface area contributed by atoms with Crippen LogP contribution in [0.5, 0.6) is 0 Å². The Balaban J connectivity index is 2.11. The highest BCUT2D eigenvalue weighted by atomic mass is 16.5. The van der Waals surface area contributed by atoms with Crippen molar-refractivity contribution in [2.24, 2.45) is 0 Å². The number of aromatic amines is 1. The van der Waals surface area contributed by atoms with Gasteiger partial charge in [0.15, 0.2) is 0 Å². The van der Waals surface area contributed by atoms with E-state index in [-0.39, 0.29) is 5.97 Å². The zero-order chi connectivity index (χ0) is 15.5. The van der Waals surface area contributed by atoms with E-state index in [0.29, 0.717) is 29.9 Å². The number of aromatic nitrogens is 1. The molecule has 2 N–H and O–H groups in total. The molecule has 1 aliphatic rings. The third-order valence-corrected chi connectivity index (χ3v) is 3.58. The number of nitrogens with zero attached hydrogens (tertiary/aromatic N) is 1. The third-order valence-electron chi connectivity index (χ3n) is 3.58. The van der Waals surface area contributed by atoms with Crippen molar-refractivity contribution in [3.63, 3.8) is 0 Å². The van der Waals surface area contributed by atoms with Crippen LogP contribution in [0.2, 0.25) is 0 Å². The second-order valence-corrected chi connectivity index (χ2v) is 4.91. The predicted molar refractivity (Wildman–Crippen MR) is 82.8 cm³/mol. The Kier molecular flexibility index (Phi) is 3.67. The number of para-hydroxylation sites is 1. The van der Waals surface area contributed by atoms with Crippen molar-refractivity contribution in [1.82, 2.24) is 4.98 Å². The van der Waals surface area contributed by atoms with Crippen LogP contribution >= 0.6 is 0 Å². The number of hydrogen-bond donors (Lipinski definition) is 2. The maximum absolute atomic E-state index is 12.3. The Morgan fingerprint density at radius 2 is 2.23 bits per heavy atom. The molecule has 0 unspecified atom stereocenters. The highest BCUT2D eigenvalue weighted by molar-refractivity contribution is 6.02. The van der Waals surface area contributed by atoms with Crippen molar-refractivity contribution in [3.05, 3.63) is 58.9 Å². The molecule has 1 aromatic heterocycles. The van der Waals surface area contributed by atoms with Gasteiger partial charge in [-0.3, -0.25) is 0 Å². The van der Waals surface area contributed by atoms with Crippen LogP contribution in [0.1, 0.15) is 23.7 Å². The van der Waals surface area contributed by atoms with E-state index in [2.05, 4.69) is 16.4 Å². The molecule has 0 saturated heterocycles. The summed E-state index contributed by atoms with van der Waals surface area (Å²) in [4.78, 5) is 15.4. The van der Waals surface area contributed by atoms with Gasteiger partial charge in [-0.15, -0.1) is 0 Å². The summed E-state index contributed by atoms with van der Waals surface area (Å²) in [6, 6.07) is 11.4. The Hall–Kier alpha value is -3.00. The smallest absolute Gasteiger partial charge is 0.336 e. The molecular weight excluding hydrogens is 278 g/mol. The molecule has 0 radical (unpaired) electrons. The predicted octanol–water partition coefficient (Wildman–Crippen LogP) is 2.83. The van der Waals surface area contributed by atoms with Gasteiger partial charge >= 0.3 is 5.97 Å². The van der Waals surface area contributed by atoms with Crippen LogP contribution in [0.3, 0.4) is 0 Å². The molecule has 0 saturated carbocycles. The average Bonchev–Trinajstić information content (AvgIpc) is 3.07. The largest absolute Gasteiger partial charge is 0.463 e. The van der Waals surface area contributed by atoms with Gasteiger partial charge in [0.2, 0.25) is 0 Å². The molecule has 0 aliphatic carbocycles. The number of rotatable bonds is 3. The first-order chi connectivity index (χ1) is 10.7. The first-order valence-electron chi connectivity index (χ1n) is 7.07. The topological polar surface area (TPSA) is 77.9 Å². The van der Waals surface area contributed by atoms with Crippen LogP contribution in [0.15, 0.2) is 42.1 Å². The molecule has 3 rings (SSSR count). The third kappa shape index (κ3) is 2.35. The summed E-state index contributed by atoms with van der Waals surface area (Å²) >= 11 is 0. The fourth-order valence-electron chi connectivity index (χ4n) is 2.58. The second-order valence-electron chi connectivity index (χ2n) is 4.91. The maximum Gasteiger partial charge on any atom is 0.336 e. The lowest BCUT2D eigenvalue weighted by Crippen LogP contribution is -2.20. The van der Waals surface area contributed by atoms with Crippen LogP contribution in [0.4, 0.5) is 5.69 Å². The second kappa shape index (κ2) is 5.78. The highest BCUT2D eigenvalue weighted by Gasteiger charge is 2.26. The van der Waals surface area contributed by atoms with Crippen LogP contribution < -0.4 is 5.32 Å². The van der Waals surface area contributed by atoms with E-state index in [1.807, 2.05) is 24.3 Å². The maximum atomic E-state index is 12.3. The van der Waals surface area contributed by atoms with Crippen LogP contribution in [-0.2, 0) is 16.0 Å². The number of carbonyl (C=O) groups excluding carboxylic acids is 1. The number of esters is 1. The molecule has 0 amide bonds. The van der Waals surface area contributed by atoms with Gasteiger partial charge in [-0.25, -0.2) is 4.79 Å². The highest BCUT2D eigenvalue weighted by Crippen LogP contribution is 2.34. The quantitative estimate of drug-likeness (QED) is 0.853. The minimum Gasteiger partial charge on any atom is -0.463 e. The standard InChI is InChI=1S/C17H15N3O2/c1-2-22-17(21)13-9-11-5-3-6-12(10-18)15(11)20-16(13)14-7-4-8-19-14/h3-8,19-20H,2,9H2,1H3. The molecular formula is C17H15N3O2. The van der Waals surface area contributed by atoms with Gasteiger partial charge in [-0.1, -0.05) is 12.1 Å². The first kappa shape index (κ1) is 14.0. The number of anilines is 1. The summed E-state index contributed by atoms with van der Waals surface area (Å²) in [5.41, 5.74) is 4.25. The van der Waals surface area contributed by atoms with Gasteiger partial charge < -0.3 is 15.0 Å². The molecule has 22 heavy (non-hydrogen) atoms. The molecule has 2 heterocycles. The van der Waals surface area contributed by atoms with Crippen molar-refractivity contribution in [3.8, 4) is 6.07 Å². The van der Waals surface area contributed by atoms with E-state index in [0.717, 1.165) is 16.9 Å². The van der Waals surface area contributed by atoms with Gasteiger partial charge in [0, 0.05) is 12.6 Å². The van der Waals surface area contributed by atoms with Crippen molar-refractivity contribution in [2.75, 3.05) is 11.9 Å². The van der Waals surface area contributed by atoms with Gasteiger partial charge in [-0.05, 0) is 30.7 Å². The van der Waals surface area contributed by atoms with Gasteiger partial charge in [0.05, 0.1) is 34.8 Å². The summed E-state index contributed by atoms with van der Waals surface area (Å²) in [7, 11) is 0. The summed E-state index contributed by atoms with van der Waals surface area (Å²) in [5, 5.41) is 12.5. The van der Waals surface area contributed by atoms with E-state index in [9.17, 15) is 10.1 Å². The van der Waals surface area contributed by atoms with E-state index in [1.165, 1.54) is 0 Å². The molecule has 0 fully saturated rings. The number of hydrogen-bond acceptors (Lipinski definition) is 4. The van der Waals surface area contributed by atoms with Crippen LogP contribution in [0, 0.1) is 11.3 Å². The van der Waals surface area contributed by atoms with E-state index in [4.69, 9.17) is 4.74 Å². The minimum absolute atomic E-state index is 0.325. The Morgan fingerprint density at radius 3 is 2.91 bits per heavy atom. The number of nitrogens with one attached hydrogen (secondary N) is 2. The number of H-pyrrole nitrogens is 1. The number of benzene rings is 1. The summed E-state index contributed by atoms with van der Waals surface area (Å²) in [6.07, 6.45) is 2.23. The summed E-state index contributed by atoms with van der Waals surface area (Å²) in [6.45, 7) is 2.11. The Bertz CT molecular complexity index is 783. The number of nitriles is 1. The fraction of sp³-hybridized carbons (Fsp3) is 0.176. The lowest BCUT2D eigenvalue weighted by molar-refractivity contribution is -0.138. The monoisotopic (exact) mass is 293 g/mol. The lowest BCUT2D eigenvalue weighted by atomic mass is 9.94.